The van der Waals surface area contributed by atoms with Gasteiger partial charge in [0.2, 0.25) is 0 Å². The van der Waals surface area contributed by atoms with Crippen LogP contribution >= 0.6 is 0 Å². The molecule has 458 valence electrons. The van der Waals surface area contributed by atoms with Crippen LogP contribution in [0.4, 0.5) is 0 Å². The molecule has 0 fully saturated rings. The molecule has 1 atom stereocenters. The quantitative estimate of drug-likeness (QED) is 0.0261. The third-order valence-corrected chi connectivity index (χ3v) is 14.5. The zero-order chi connectivity index (χ0) is 57.8. The van der Waals surface area contributed by atoms with E-state index in [1.54, 1.807) is 0 Å². The Morgan fingerprint density at radius 2 is 0.487 bits per heavy atom. The van der Waals surface area contributed by atoms with Crippen molar-refractivity contribution in [1.29, 1.82) is 0 Å². The predicted octanol–water partition coefficient (Wildman–Crippen LogP) is 23.4. The van der Waals surface area contributed by atoms with Crippen LogP contribution in [-0.4, -0.2) is 37.2 Å². The van der Waals surface area contributed by atoms with Crippen LogP contribution in [-0.2, 0) is 28.6 Å². The maximum Gasteiger partial charge on any atom is 0.306 e. The van der Waals surface area contributed by atoms with E-state index in [2.05, 4.69) is 130 Å². The average molecular weight is 1110 g/mol. The predicted molar refractivity (Wildman–Crippen MR) is 348 cm³/mol. The Morgan fingerprint density at radius 1 is 0.263 bits per heavy atom. The standard InChI is InChI=1S/C74H126O6/c1-4-7-10-13-16-19-22-25-28-31-32-33-34-35-36-37-38-39-40-41-42-44-46-49-52-55-58-61-64-67-73(76)79-70-71(69-78-72(75)66-63-60-57-54-51-48-45-30-27-24-21-18-15-12-9-6-3)80-74(77)68-65-62-59-56-53-50-47-43-29-26-23-20-17-14-11-8-5-2/h7,10,16,19,21,24-25,28,30,32-33,35-36,38-39,41-42,45,71H,4-6,8-9,11-15,17-18,20,22-23,26-27,29,31,34,37,40,43-44,46-70H2,1-3H3/b10-7-,19-16-,24-21-,28-25-,33-32-,36-35-,39-38-,42-41-,45-30-. The first-order valence-electron chi connectivity index (χ1n) is 33.9. The van der Waals surface area contributed by atoms with Crippen LogP contribution in [0.15, 0.2) is 109 Å². The smallest absolute Gasteiger partial charge is 0.306 e. The van der Waals surface area contributed by atoms with E-state index in [0.717, 1.165) is 128 Å². The second-order valence-electron chi connectivity index (χ2n) is 22.4. The van der Waals surface area contributed by atoms with Crippen LogP contribution in [0.3, 0.4) is 0 Å². The molecule has 80 heavy (non-hydrogen) atoms. The second-order valence-corrected chi connectivity index (χ2v) is 22.4. The number of ether oxygens (including phenoxy) is 3. The van der Waals surface area contributed by atoms with Crippen molar-refractivity contribution in [2.75, 3.05) is 13.2 Å². The fourth-order valence-corrected chi connectivity index (χ4v) is 9.45. The summed E-state index contributed by atoms with van der Waals surface area (Å²) >= 11 is 0. The fourth-order valence-electron chi connectivity index (χ4n) is 9.45. The summed E-state index contributed by atoms with van der Waals surface area (Å²) in [7, 11) is 0. The monoisotopic (exact) mass is 1110 g/mol. The lowest BCUT2D eigenvalue weighted by Gasteiger charge is -2.18. The van der Waals surface area contributed by atoms with E-state index < -0.39 is 6.10 Å². The molecule has 0 heterocycles. The van der Waals surface area contributed by atoms with E-state index in [1.807, 2.05) is 0 Å². The van der Waals surface area contributed by atoms with E-state index >= 15 is 0 Å². The van der Waals surface area contributed by atoms with Gasteiger partial charge in [-0.3, -0.25) is 14.4 Å². The first-order valence-corrected chi connectivity index (χ1v) is 33.9. The largest absolute Gasteiger partial charge is 0.462 e. The van der Waals surface area contributed by atoms with Crippen molar-refractivity contribution < 1.29 is 28.6 Å². The molecule has 0 aliphatic heterocycles. The van der Waals surface area contributed by atoms with Gasteiger partial charge in [0.15, 0.2) is 6.10 Å². The van der Waals surface area contributed by atoms with E-state index in [1.165, 1.54) is 154 Å². The van der Waals surface area contributed by atoms with Gasteiger partial charge in [-0.15, -0.1) is 0 Å². The van der Waals surface area contributed by atoms with Gasteiger partial charge in [0.25, 0.3) is 0 Å². The Kier molecular flexibility index (Phi) is 64.3. The summed E-state index contributed by atoms with van der Waals surface area (Å²) < 4.78 is 16.9. The topological polar surface area (TPSA) is 78.9 Å². The molecule has 6 heteroatoms. The molecule has 0 aliphatic carbocycles. The lowest BCUT2D eigenvalue weighted by Crippen LogP contribution is -2.30. The summed E-state index contributed by atoms with van der Waals surface area (Å²) in [5.41, 5.74) is 0. The Bertz CT molecular complexity index is 1610. The SMILES string of the molecule is CC/C=C\C/C=C\C/C=C\C/C=C\C/C=C\C/C=C\C/C=C\CCCCCCCCCC(=O)OCC(COC(=O)CCCCCCC/C=C\C/C=C\CCCCCC)OC(=O)CCCCCCCCCCCCCCCCCCC. The maximum atomic E-state index is 12.9. The minimum Gasteiger partial charge on any atom is -0.462 e. The summed E-state index contributed by atoms with van der Waals surface area (Å²) in [5, 5.41) is 0. The normalized spacial score (nSPS) is 12.8. The van der Waals surface area contributed by atoms with Crippen LogP contribution in [0.5, 0.6) is 0 Å². The van der Waals surface area contributed by atoms with Crippen molar-refractivity contribution in [3.63, 3.8) is 0 Å². The molecule has 0 amide bonds. The lowest BCUT2D eigenvalue weighted by molar-refractivity contribution is -0.167. The molecule has 0 N–H and O–H groups in total. The van der Waals surface area contributed by atoms with Crippen LogP contribution in [0.25, 0.3) is 0 Å². The number of esters is 3. The highest BCUT2D eigenvalue weighted by Crippen LogP contribution is 2.17. The number of carbonyl (C=O) groups is 3. The minimum absolute atomic E-state index is 0.0868. The van der Waals surface area contributed by atoms with Crippen LogP contribution in [0.1, 0.15) is 323 Å². The van der Waals surface area contributed by atoms with Crippen molar-refractivity contribution in [2.24, 2.45) is 0 Å². The lowest BCUT2D eigenvalue weighted by atomic mass is 10.0. The van der Waals surface area contributed by atoms with E-state index in [9.17, 15) is 14.4 Å². The van der Waals surface area contributed by atoms with Crippen molar-refractivity contribution in [3.8, 4) is 0 Å². The highest BCUT2D eigenvalue weighted by molar-refractivity contribution is 5.71. The summed E-state index contributed by atoms with van der Waals surface area (Å²) in [5.74, 6) is -0.897. The first kappa shape index (κ1) is 76.1. The van der Waals surface area contributed by atoms with Gasteiger partial charge in [-0.25, -0.2) is 0 Å². The van der Waals surface area contributed by atoms with Gasteiger partial charge in [-0.1, -0.05) is 304 Å². The van der Waals surface area contributed by atoms with E-state index in [0.29, 0.717) is 19.3 Å². The Labute approximate surface area is 495 Å². The molecule has 0 bridgehead atoms. The van der Waals surface area contributed by atoms with Crippen molar-refractivity contribution in [2.45, 2.75) is 329 Å². The molecule has 0 saturated heterocycles. The average Bonchev–Trinajstić information content (AvgIpc) is 3.46. The third-order valence-electron chi connectivity index (χ3n) is 14.5. The van der Waals surface area contributed by atoms with Gasteiger partial charge < -0.3 is 14.2 Å². The number of unbranched alkanes of at least 4 members (excludes halogenated alkanes) is 32. The van der Waals surface area contributed by atoms with Gasteiger partial charge in [0, 0.05) is 19.3 Å². The molecule has 0 aliphatic rings. The van der Waals surface area contributed by atoms with Crippen LogP contribution < -0.4 is 0 Å². The van der Waals surface area contributed by atoms with Crippen molar-refractivity contribution in [1.82, 2.24) is 0 Å². The third kappa shape index (κ3) is 64.9. The number of allylic oxidation sites excluding steroid dienone is 18. The maximum absolute atomic E-state index is 12.9. The van der Waals surface area contributed by atoms with Gasteiger partial charge >= 0.3 is 17.9 Å². The molecule has 0 aromatic carbocycles. The Hall–Kier alpha value is -3.93. The van der Waals surface area contributed by atoms with Crippen LogP contribution in [0, 0.1) is 0 Å². The Balaban J connectivity index is 4.36. The molecule has 6 nitrogen and oxygen atoms in total. The van der Waals surface area contributed by atoms with Gasteiger partial charge in [-0.05, 0) is 109 Å². The number of hydrogen-bond acceptors (Lipinski definition) is 6. The van der Waals surface area contributed by atoms with Crippen LogP contribution in [0.2, 0.25) is 0 Å². The molecular formula is C74H126O6. The van der Waals surface area contributed by atoms with Gasteiger partial charge in [0.1, 0.15) is 13.2 Å². The van der Waals surface area contributed by atoms with E-state index in [-0.39, 0.29) is 31.1 Å². The molecule has 0 radical (unpaired) electrons. The summed E-state index contributed by atoms with van der Waals surface area (Å²) in [4.78, 5) is 38.4. The highest BCUT2D eigenvalue weighted by Gasteiger charge is 2.19. The zero-order valence-electron chi connectivity index (χ0n) is 52.6. The number of carbonyl (C=O) groups excluding carboxylic acids is 3. The van der Waals surface area contributed by atoms with Crippen molar-refractivity contribution >= 4 is 17.9 Å². The highest BCUT2D eigenvalue weighted by atomic mass is 16.6. The number of hydrogen-bond donors (Lipinski definition) is 0. The molecule has 0 aromatic rings. The van der Waals surface area contributed by atoms with Gasteiger partial charge in [-0.2, -0.15) is 0 Å². The van der Waals surface area contributed by atoms with Gasteiger partial charge in [0.05, 0.1) is 0 Å². The molecule has 1 unspecified atom stereocenters. The van der Waals surface area contributed by atoms with E-state index in [4.69, 9.17) is 14.2 Å². The zero-order valence-corrected chi connectivity index (χ0v) is 52.6. The first-order chi connectivity index (χ1) is 39.5. The second kappa shape index (κ2) is 67.6. The molecule has 0 spiro atoms. The summed E-state index contributed by atoms with van der Waals surface area (Å²) in [6.45, 7) is 6.52. The molecule has 0 saturated carbocycles. The summed E-state index contributed by atoms with van der Waals surface area (Å²) in [6, 6.07) is 0. The minimum atomic E-state index is -0.790. The molecule has 0 aromatic heterocycles. The molecule has 0 rings (SSSR count). The Morgan fingerprint density at radius 3 is 0.775 bits per heavy atom. The molecular weight excluding hydrogens is 985 g/mol. The number of rotatable bonds is 61. The fraction of sp³-hybridized carbons (Fsp3) is 0.716. The van der Waals surface area contributed by atoms with Crippen molar-refractivity contribution in [3.05, 3.63) is 109 Å². The summed E-state index contributed by atoms with van der Waals surface area (Å²) in [6.07, 6.45) is 92.4.